The molecule has 2 aromatic carbocycles. The van der Waals surface area contributed by atoms with E-state index in [1.807, 2.05) is 30.3 Å². The van der Waals surface area contributed by atoms with Crippen LogP contribution in [0.25, 0.3) is 0 Å². The van der Waals surface area contributed by atoms with Crippen LogP contribution in [0.15, 0.2) is 48.5 Å². The number of rotatable bonds is 2. The van der Waals surface area contributed by atoms with Crippen LogP contribution in [0.4, 0.5) is 5.69 Å². The fourth-order valence-corrected chi connectivity index (χ4v) is 2.25. The Morgan fingerprint density at radius 1 is 0.952 bits per heavy atom. The van der Waals surface area contributed by atoms with Crippen molar-refractivity contribution in [1.29, 1.82) is 0 Å². The molecule has 0 aromatic heterocycles. The van der Waals surface area contributed by atoms with Gasteiger partial charge >= 0.3 is 0 Å². The number of hydrazine groups is 1. The maximum Gasteiger partial charge on any atom is 0.269 e. The van der Waals surface area contributed by atoms with Crippen LogP contribution in [0.3, 0.4) is 0 Å². The first kappa shape index (κ1) is 15.6. The van der Waals surface area contributed by atoms with Gasteiger partial charge in [-0.15, -0.1) is 0 Å². The lowest BCUT2D eigenvalue weighted by Crippen LogP contribution is -2.43. The standard InChI is InChI=1S/C14H11Cl2N3OS/c15-10-6-9(7-11(16)8-10)13(20)18-19-14(21)17-12-4-2-1-3-5-12/h1-8H,(H,18,20)(H2,17,19,21). The van der Waals surface area contributed by atoms with Crippen molar-refractivity contribution in [3.63, 3.8) is 0 Å². The summed E-state index contributed by atoms with van der Waals surface area (Å²) in [5.74, 6) is -0.392. The second-order valence-corrected chi connectivity index (χ2v) is 5.34. The predicted molar refractivity (Wildman–Crippen MR) is 89.7 cm³/mol. The molecule has 0 fully saturated rings. The van der Waals surface area contributed by atoms with Gasteiger partial charge in [0.05, 0.1) is 0 Å². The van der Waals surface area contributed by atoms with Crippen LogP contribution in [0.1, 0.15) is 10.4 Å². The number of hydrogen-bond acceptors (Lipinski definition) is 2. The summed E-state index contributed by atoms with van der Waals surface area (Å²) in [7, 11) is 0. The molecule has 108 valence electrons. The van der Waals surface area contributed by atoms with Crippen LogP contribution in [0.2, 0.25) is 10.0 Å². The highest BCUT2D eigenvalue weighted by atomic mass is 35.5. The average Bonchev–Trinajstić information content (AvgIpc) is 2.45. The molecule has 0 heterocycles. The average molecular weight is 340 g/mol. The van der Waals surface area contributed by atoms with Gasteiger partial charge < -0.3 is 5.32 Å². The predicted octanol–water partition coefficient (Wildman–Crippen LogP) is 3.62. The SMILES string of the molecule is O=C(NNC(=S)Nc1ccccc1)c1cc(Cl)cc(Cl)c1. The summed E-state index contributed by atoms with van der Waals surface area (Å²) in [5, 5.41) is 3.96. The third-order valence-electron chi connectivity index (χ3n) is 2.45. The third kappa shape index (κ3) is 4.90. The first-order chi connectivity index (χ1) is 10.0. The van der Waals surface area contributed by atoms with Crippen molar-refractivity contribution in [2.45, 2.75) is 0 Å². The number of halogens is 2. The second kappa shape index (κ2) is 7.26. The van der Waals surface area contributed by atoms with Crippen molar-refractivity contribution in [2.75, 3.05) is 5.32 Å². The van der Waals surface area contributed by atoms with Gasteiger partial charge in [0.1, 0.15) is 0 Å². The Labute approximate surface area is 137 Å². The van der Waals surface area contributed by atoms with E-state index >= 15 is 0 Å². The van der Waals surface area contributed by atoms with E-state index in [9.17, 15) is 4.79 Å². The normalized spacial score (nSPS) is 9.81. The van der Waals surface area contributed by atoms with Gasteiger partial charge in [-0.2, -0.15) is 0 Å². The molecule has 7 heteroatoms. The van der Waals surface area contributed by atoms with Crippen molar-refractivity contribution >= 4 is 52.1 Å². The zero-order chi connectivity index (χ0) is 15.2. The Balaban J connectivity index is 1.90. The van der Waals surface area contributed by atoms with Crippen LogP contribution in [-0.4, -0.2) is 11.0 Å². The second-order valence-electron chi connectivity index (χ2n) is 4.06. The monoisotopic (exact) mass is 339 g/mol. The minimum absolute atomic E-state index is 0.266. The van der Waals surface area contributed by atoms with Gasteiger partial charge in [0, 0.05) is 21.3 Å². The minimum atomic E-state index is -0.392. The van der Waals surface area contributed by atoms with Gasteiger partial charge in [0.25, 0.3) is 5.91 Å². The molecule has 0 saturated heterocycles. The zero-order valence-electron chi connectivity index (χ0n) is 10.7. The molecular formula is C14H11Cl2N3OS. The molecular weight excluding hydrogens is 329 g/mol. The lowest BCUT2D eigenvalue weighted by atomic mass is 10.2. The summed E-state index contributed by atoms with van der Waals surface area (Å²) in [6.45, 7) is 0. The Morgan fingerprint density at radius 2 is 1.57 bits per heavy atom. The lowest BCUT2D eigenvalue weighted by molar-refractivity contribution is 0.0944. The van der Waals surface area contributed by atoms with E-state index in [0.29, 0.717) is 15.6 Å². The fourth-order valence-electron chi connectivity index (χ4n) is 1.55. The Hall–Kier alpha value is -1.82. The van der Waals surface area contributed by atoms with Gasteiger partial charge in [-0.1, -0.05) is 41.4 Å². The molecule has 0 atom stereocenters. The van der Waals surface area contributed by atoms with E-state index in [0.717, 1.165) is 5.69 Å². The van der Waals surface area contributed by atoms with Crippen LogP contribution in [0.5, 0.6) is 0 Å². The summed E-state index contributed by atoms with van der Waals surface area (Å²) in [5.41, 5.74) is 6.22. The molecule has 0 unspecified atom stereocenters. The molecule has 0 aliphatic heterocycles. The smallest absolute Gasteiger partial charge is 0.269 e. The number of amides is 1. The van der Waals surface area contributed by atoms with Gasteiger partial charge in [-0.05, 0) is 42.5 Å². The van der Waals surface area contributed by atoms with Crippen molar-refractivity contribution in [2.24, 2.45) is 0 Å². The highest BCUT2D eigenvalue weighted by molar-refractivity contribution is 7.80. The summed E-state index contributed by atoms with van der Waals surface area (Å²) < 4.78 is 0. The molecule has 2 aromatic rings. The van der Waals surface area contributed by atoms with Gasteiger partial charge in [-0.3, -0.25) is 15.6 Å². The maximum atomic E-state index is 11.9. The van der Waals surface area contributed by atoms with Crippen LogP contribution in [-0.2, 0) is 0 Å². The summed E-state index contributed by atoms with van der Waals surface area (Å²) >= 11 is 16.7. The number of hydrogen-bond donors (Lipinski definition) is 3. The molecule has 4 nitrogen and oxygen atoms in total. The Morgan fingerprint density at radius 3 is 2.19 bits per heavy atom. The summed E-state index contributed by atoms with van der Waals surface area (Å²) in [4.78, 5) is 11.9. The van der Waals surface area contributed by atoms with Crippen molar-refractivity contribution in [1.82, 2.24) is 10.9 Å². The quantitative estimate of drug-likeness (QED) is 0.577. The fraction of sp³-hybridized carbons (Fsp3) is 0. The van der Waals surface area contributed by atoms with Crippen LogP contribution >= 0.6 is 35.4 Å². The van der Waals surface area contributed by atoms with E-state index in [2.05, 4.69) is 16.2 Å². The van der Waals surface area contributed by atoms with E-state index in [4.69, 9.17) is 35.4 Å². The van der Waals surface area contributed by atoms with E-state index in [-0.39, 0.29) is 5.11 Å². The largest absolute Gasteiger partial charge is 0.331 e. The first-order valence-corrected chi connectivity index (χ1v) is 7.09. The van der Waals surface area contributed by atoms with Crippen LogP contribution < -0.4 is 16.2 Å². The number of benzene rings is 2. The van der Waals surface area contributed by atoms with Crippen LogP contribution in [0, 0.1) is 0 Å². The molecule has 0 spiro atoms. The highest BCUT2D eigenvalue weighted by Gasteiger charge is 2.08. The van der Waals surface area contributed by atoms with Crippen molar-refractivity contribution in [3.05, 3.63) is 64.1 Å². The van der Waals surface area contributed by atoms with Gasteiger partial charge in [-0.25, -0.2) is 0 Å². The molecule has 3 N–H and O–H groups in total. The van der Waals surface area contributed by atoms with E-state index in [1.54, 1.807) is 6.07 Å². The van der Waals surface area contributed by atoms with Crippen molar-refractivity contribution in [3.8, 4) is 0 Å². The number of carbonyl (C=O) groups excluding carboxylic acids is 1. The highest BCUT2D eigenvalue weighted by Crippen LogP contribution is 2.18. The lowest BCUT2D eigenvalue weighted by Gasteiger charge is -2.11. The number of nitrogens with one attached hydrogen (secondary N) is 3. The van der Waals surface area contributed by atoms with Gasteiger partial charge in [0.15, 0.2) is 5.11 Å². The number of para-hydroxylation sites is 1. The summed E-state index contributed by atoms with van der Waals surface area (Å²) in [6.07, 6.45) is 0. The van der Waals surface area contributed by atoms with E-state index < -0.39 is 5.91 Å². The molecule has 0 bridgehead atoms. The maximum absolute atomic E-state index is 11.9. The number of thiocarbonyl (C=S) groups is 1. The van der Waals surface area contributed by atoms with Gasteiger partial charge in [0.2, 0.25) is 0 Å². The number of anilines is 1. The molecule has 0 radical (unpaired) electrons. The molecule has 1 amide bonds. The van der Waals surface area contributed by atoms with Crippen molar-refractivity contribution < 1.29 is 4.79 Å². The number of carbonyl (C=O) groups is 1. The molecule has 21 heavy (non-hydrogen) atoms. The molecule has 0 aliphatic carbocycles. The Kier molecular flexibility index (Phi) is 5.38. The minimum Gasteiger partial charge on any atom is -0.331 e. The Bertz CT molecular complexity index is 644. The first-order valence-electron chi connectivity index (χ1n) is 5.93. The summed E-state index contributed by atoms with van der Waals surface area (Å²) in [6, 6.07) is 13.9. The topological polar surface area (TPSA) is 53.2 Å². The zero-order valence-corrected chi connectivity index (χ0v) is 13.0. The molecule has 2 rings (SSSR count). The molecule has 0 aliphatic rings. The van der Waals surface area contributed by atoms with E-state index in [1.165, 1.54) is 12.1 Å². The molecule has 0 saturated carbocycles. The third-order valence-corrected chi connectivity index (χ3v) is 3.09.